The Balaban J connectivity index is 0.00000264. The monoisotopic (exact) mass is 454 g/mol. The van der Waals surface area contributed by atoms with Crippen LogP contribution in [0.3, 0.4) is 0 Å². The molecule has 0 radical (unpaired) electrons. The van der Waals surface area contributed by atoms with Crippen molar-refractivity contribution in [1.82, 2.24) is 25.4 Å². The van der Waals surface area contributed by atoms with Gasteiger partial charge in [0.1, 0.15) is 12.4 Å². The molecular formula is C14H27IN6OS. The topological polar surface area (TPSA) is 76.4 Å². The fourth-order valence-electron chi connectivity index (χ4n) is 2.20. The summed E-state index contributed by atoms with van der Waals surface area (Å²) in [5.41, 5.74) is 0. The van der Waals surface area contributed by atoms with Crippen molar-refractivity contribution in [1.29, 1.82) is 0 Å². The number of aromatic nitrogens is 3. The van der Waals surface area contributed by atoms with Gasteiger partial charge >= 0.3 is 0 Å². The first kappa shape index (κ1) is 20.5. The van der Waals surface area contributed by atoms with E-state index in [9.17, 15) is 0 Å². The highest BCUT2D eigenvalue weighted by Crippen LogP contribution is 2.25. The number of rotatable bonds is 7. The Kier molecular flexibility index (Phi) is 9.88. The summed E-state index contributed by atoms with van der Waals surface area (Å²) < 4.78 is 7.04. The molecule has 2 rings (SSSR count). The zero-order chi connectivity index (χ0) is 15.8. The quantitative estimate of drug-likeness (QED) is 0.280. The molecule has 9 heteroatoms. The first-order chi connectivity index (χ1) is 10.7. The number of nitrogens with one attached hydrogen (secondary N) is 2. The van der Waals surface area contributed by atoms with Crippen molar-refractivity contribution in [2.45, 2.75) is 31.6 Å². The molecule has 23 heavy (non-hydrogen) atoms. The molecule has 1 aliphatic heterocycles. The molecule has 0 bridgehead atoms. The van der Waals surface area contributed by atoms with Crippen molar-refractivity contribution in [2.24, 2.45) is 12.0 Å². The highest BCUT2D eigenvalue weighted by atomic mass is 127. The molecule has 7 nitrogen and oxygen atoms in total. The number of thioether (sulfide) groups is 1. The molecule has 0 amide bonds. The minimum Gasteiger partial charge on any atom is -0.383 e. The number of methoxy groups -OCH3 is 1. The predicted molar refractivity (Wildman–Crippen MR) is 106 cm³/mol. The van der Waals surface area contributed by atoms with Crippen molar-refractivity contribution in [3.05, 3.63) is 11.6 Å². The number of halogens is 1. The predicted octanol–water partition coefficient (Wildman–Crippen LogP) is 1.32. The zero-order valence-electron chi connectivity index (χ0n) is 14.0. The number of aryl methyl sites for hydroxylation is 1. The number of ether oxygens (including phenoxy) is 1. The van der Waals surface area contributed by atoms with Gasteiger partial charge in [0.25, 0.3) is 0 Å². The lowest BCUT2D eigenvalue weighted by atomic mass is 10.2. The van der Waals surface area contributed by atoms with Crippen LogP contribution < -0.4 is 10.6 Å². The van der Waals surface area contributed by atoms with Crippen molar-refractivity contribution < 1.29 is 4.74 Å². The van der Waals surface area contributed by atoms with Crippen LogP contribution in [0.15, 0.2) is 4.99 Å². The highest BCUT2D eigenvalue weighted by Gasteiger charge is 2.15. The number of aliphatic imine (C=N–C) groups is 1. The van der Waals surface area contributed by atoms with Gasteiger partial charge in [-0.1, -0.05) is 0 Å². The van der Waals surface area contributed by atoms with Crippen LogP contribution >= 0.6 is 35.7 Å². The SMILES string of the molecule is COCCNC(=NCc1nnc(C)n1C)NCC1CCCS1.I. The average molecular weight is 454 g/mol. The van der Waals surface area contributed by atoms with E-state index in [1.165, 1.54) is 18.6 Å². The van der Waals surface area contributed by atoms with Gasteiger partial charge in [0.2, 0.25) is 0 Å². The normalized spacial score (nSPS) is 17.9. The van der Waals surface area contributed by atoms with Crippen LogP contribution in [0, 0.1) is 6.92 Å². The lowest BCUT2D eigenvalue weighted by Crippen LogP contribution is -2.41. The van der Waals surface area contributed by atoms with Crippen LogP contribution in [-0.4, -0.2) is 58.5 Å². The maximum absolute atomic E-state index is 5.08. The molecule has 1 fully saturated rings. The van der Waals surface area contributed by atoms with Gasteiger partial charge in [0.15, 0.2) is 11.8 Å². The maximum atomic E-state index is 5.08. The third kappa shape index (κ3) is 6.84. The van der Waals surface area contributed by atoms with Crippen molar-refractivity contribution in [3.63, 3.8) is 0 Å². The Bertz CT molecular complexity index is 490. The van der Waals surface area contributed by atoms with E-state index in [2.05, 4.69) is 25.8 Å². The summed E-state index contributed by atoms with van der Waals surface area (Å²) in [6.07, 6.45) is 2.60. The summed E-state index contributed by atoms with van der Waals surface area (Å²) in [6.45, 7) is 4.78. The number of guanidine groups is 1. The molecule has 1 aliphatic rings. The van der Waals surface area contributed by atoms with E-state index in [1.807, 2.05) is 30.3 Å². The summed E-state index contributed by atoms with van der Waals surface area (Å²) in [4.78, 5) is 4.61. The molecule has 1 aromatic rings. The van der Waals surface area contributed by atoms with Crippen LogP contribution in [0.4, 0.5) is 0 Å². The minimum atomic E-state index is 0. The van der Waals surface area contributed by atoms with Gasteiger partial charge in [-0.15, -0.1) is 34.2 Å². The smallest absolute Gasteiger partial charge is 0.191 e. The first-order valence-corrected chi connectivity index (χ1v) is 8.73. The molecule has 2 heterocycles. The van der Waals surface area contributed by atoms with Gasteiger partial charge < -0.3 is 19.9 Å². The van der Waals surface area contributed by atoms with E-state index in [4.69, 9.17) is 4.74 Å². The Hall–Kier alpha value is -0.550. The fraction of sp³-hybridized carbons (Fsp3) is 0.786. The van der Waals surface area contributed by atoms with Gasteiger partial charge in [-0.25, -0.2) is 4.99 Å². The molecular weight excluding hydrogens is 427 g/mol. The molecule has 132 valence electrons. The third-order valence-electron chi connectivity index (χ3n) is 3.68. The average Bonchev–Trinajstić information content (AvgIpc) is 3.14. The molecule has 1 unspecified atom stereocenters. The maximum Gasteiger partial charge on any atom is 0.191 e. The van der Waals surface area contributed by atoms with Crippen molar-refractivity contribution in [2.75, 3.05) is 32.6 Å². The van der Waals surface area contributed by atoms with E-state index in [-0.39, 0.29) is 24.0 Å². The molecule has 2 N–H and O–H groups in total. The lowest BCUT2D eigenvalue weighted by Gasteiger charge is -2.15. The van der Waals surface area contributed by atoms with Gasteiger partial charge in [-0.3, -0.25) is 0 Å². The highest BCUT2D eigenvalue weighted by molar-refractivity contribution is 14.0. The summed E-state index contributed by atoms with van der Waals surface area (Å²) in [5.74, 6) is 3.84. The molecule has 1 aromatic heterocycles. The molecule has 0 aliphatic carbocycles. The summed E-state index contributed by atoms with van der Waals surface area (Å²) in [7, 11) is 3.66. The number of hydrogen-bond donors (Lipinski definition) is 2. The Morgan fingerprint density at radius 1 is 1.43 bits per heavy atom. The van der Waals surface area contributed by atoms with Crippen LogP contribution in [0.5, 0.6) is 0 Å². The first-order valence-electron chi connectivity index (χ1n) is 7.68. The summed E-state index contributed by atoms with van der Waals surface area (Å²) >= 11 is 2.04. The molecule has 0 saturated carbocycles. The second kappa shape index (κ2) is 11.1. The molecule has 1 saturated heterocycles. The van der Waals surface area contributed by atoms with E-state index in [1.54, 1.807) is 7.11 Å². The Labute approximate surface area is 159 Å². The zero-order valence-corrected chi connectivity index (χ0v) is 17.2. The second-order valence-electron chi connectivity index (χ2n) is 5.32. The summed E-state index contributed by atoms with van der Waals surface area (Å²) in [5, 5.41) is 15.6. The van der Waals surface area contributed by atoms with Crippen LogP contribution in [-0.2, 0) is 18.3 Å². The lowest BCUT2D eigenvalue weighted by molar-refractivity contribution is 0.203. The molecule has 0 aromatic carbocycles. The summed E-state index contributed by atoms with van der Waals surface area (Å²) in [6, 6.07) is 0. The van der Waals surface area contributed by atoms with Crippen LogP contribution in [0.25, 0.3) is 0 Å². The number of nitrogens with zero attached hydrogens (tertiary/aromatic N) is 4. The second-order valence-corrected chi connectivity index (χ2v) is 6.73. The third-order valence-corrected chi connectivity index (χ3v) is 5.08. The van der Waals surface area contributed by atoms with Crippen LogP contribution in [0.2, 0.25) is 0 Å². The largest absolute Gasteiger partial charge is 0.383 e. The standard InChI is InChI=1S/C14H26N6OS.HI/c1-11-18-19-13(20(11)2)10-17-14(15-6-7-21-3)16-9-12-5-4-8-22-12;/h12H,4-10H2,1-3H3,(H2,15,16,17);1H. The van der Waals surface area contributed by atoms with E-state index >= 15 is 0 Å². The van der Waals surface area contributed by atoms with Gasteiger partial charge in [-0.2, -0.15) is 11.8 Å². The van der Waals surface area contributed by atoms with Crippen molar-refractivity contribution in [3.8, 4) is 0 Å². The Morgan fingerprint density at radius 3 is 2.87 bits per heavy atom. The van der Waals surface area contributed by atoms with Crippen molar-refractivity contribution >= 4 is 41.7 Å². The fourth-order valence-corrected chi connectivity index (χ4v) is 3.40. The van der Waals surface area contributed by atoms with E-state index < -0.39 is 0 Å². The molecule has 0 spiro atoms. The van der Waals surface area contributed by atoms with E-state index in [0.717, 1.165) is 30.7 Å². The molecule has 1 atom stereocenters. The van der Waals surface area contributed by atoms with Gasteiger partial charge in [0, 0.05) is 32.5 Å². The minimum absolute atomic E-state index is 0. The number of hydrogen-bond acceptors (Lipinski definition) is 5. The van der Waals surface area contributed by atoms with Crippen LogP contribution in [0.1, 0.15) is 24.5 Å². The van der Waals surface area contributed by atoms with Gasteiger partial charge in [0.05, 0.1) is 6.61 Å². The Morgan fingerprint density at radius 2 is 2.26 bits per heavy atom. The van der Waals surface area contributed by atoms with E-state index in [0.29, 0.717) is 18.4 Å². The van der Waals surface area contributed by atoms with Gasteiger partial charge in [-0.05, 0) is 25.5 Å².